The molecule has 1 fully saturated rings. The second kappa shape index (κ2) is 4.97. The van der Waals surface area contributed by atoms with Crippen molar-refractivity contribution in [3.8, 4) is 0 Å². The fraction of sp³-hybridized carbons (Fsp3) is 0.917. The van der Waals surface area contributed by atoms with Gasteiger partial charge in [0.2, 0.25) is 0 Å². The summed E-state index contributed by atoms with van der Waals surface area (Å²) in [6.07, 6.45) is 1.79. The molecule has 1 aliphatic rings. The fourth-order valence-electron chi connectivity index (χ4n) is 1.63. The van der Waals surface area contributed by atoms with Crippen molar-refractivity contribution in [2.45, 2.75) is 46.6 Å². The fourth-order valence-corrected chi connectivity index (χ4v) is 1.63. The Hall–Kier alpha value is -0.570. The lowest BCUT2D eigenvalue weighted by atomic mass is 9.81. The highest BCUT2D eigenvalue weighted by molar-refractivity contribution is 5.76. The van der Waals surface area contributed by atoms with Gasteiger partial charge in [0.1, 0.15) is 6.10 Å². The second-order valence-corrected chi connectivity index (χ2v) is 5.17. The van der Waals surface area contributed by atoms with Crippen molar-refractivity contribution >= 4 is 5.97 Å². The van der Waals surface area contributed by atoms with Crippen molar-refractivity contribution < 1.29 is 9.53 Å². The molecule has 0 aromatic rings. The molecule has 1 heterocycles. The Morgan fingerprint density at radius 3 is 2.27 bits per heavy atom. The molecule has 1 unspecified atom stereocenters. The van der Waals surface area contributed by atoms with Gasteiger partial charge in [0.15, 0.2) is 0 Å². The third kappa shape index (κ3) is 3.20. The number of hydrogen-bond donors (Lipinski definition) is 1. The van der Waals surface area contributed by atoms with E-state index in [1.54, 1.807) is 0 Å². The Morgan fingerprint density at radius 2 is 1.80 bits per heavy atom. The summed E-state index contributed by atoms with van der Waals surface area (Å²) in [6.45, 7) is 9.96. The molecule has 1 N–H and O–H groups in total. The number of nitrogens with one attached hydrogen (secondary N) is 1. The van der Waals surface area contributed by atoms with E-state index in [1.165, 1.54) is 0 Å². The molecular formula is C12H23NO2. The average molecular weight is 213 g/mol. The summed E-state index contributed by atoms with van der Waals surface area (Å²) in [5, 5.41) is 3.26. The molecule has 0 aliphatic carbocycles. The standard InChI is InChI=1S/C12H23NO2/c1-9(2)10(3)15-11(14)12(4)5-7-13-8-6-12/h9-10,13H,5-8H2,1-4H3. The molecule has 1 aliphatic heterocycles. The normalized spacial score (nSPS) is 22.5. The van der Waals surface area contributed by atoms with E-state index in [0.717, 1.165) is 25.9 Å². The van der Waals surface area contributed by atoms with E-state index in [0.29, 0.717) is 5.92 Å². The minimum Gasteiger partial charge on any atom is -0.462 e. The monoisotopic (exact) mass is 213 g/mol. The summed E-state index contributed by atoms with van der Waals surface area (Å²) in [6, 6.07) is 0. The van der Waals surface area contributed by atoms with Crippen molar-refractivity contribution in [1.82, 2.24) is 5.32 Å². The smallest absolute Gasteiger partial charge is 0.312 e. The lowest BCUT2D eigenvalue weighted by Gasteiger charge is -2.33. The molecule has 0 aromatic heterocycles. The van der Waals surface area contributed by atoms with Crippen LogP contribution in [0.5, 0.6) is 0 Å². The van der Waals surface area contributed by atoms with Gasteiger partial charge in [0, 0.05) is 0 Å². The van der Waals surface area contributed by atoms with Crippen LogP contribution in [0.4, 0.5) is 0 Å². The van der Waals surface area contributed by atoms with Gasteiger partial charge in [-0.05, 0) is 45.7 Å². The topological polar surface area (TPSA) is 38.3 Å². The van der Waals surface area contributed by atoms with Crippen LogP contribution in [0.3, 0.4) is 0 Å². The zero-order valence-electron chi connectivity index (χ0n) is 10.3. The van der Waals surface area contributed by atoms with Gasteiger partial charge in [-0.3, -0.25) is 4.79 Å². The maximum absolute atomic E-state index is 12.0. The summed E-state index contributed by atoms with van der Waals surface area (Å²) >= 11 is 0. The lowest BCUT2D eigenvalue weighted by Crippen LogP contribution is -2.42. The van der Waals surface area contributed by atoms with Crippen LogP contribution >= 0.6 is 0 Å². The van der Waals surface area contributed by atoms with Crippen LogP contribution in [0.2, 0.25) is 0 Å². The van der Waals surface area contributed by atoms with Gasteiger partial charge in [-0.25, -0.2) is 0 Å². The molecule has 0 bridgehead atoms. The lowest BCUT2D eigenvalue weighted by molar-refractivity contribution is -0.163. The van der Waals surface area contributed by atoms with Crippen LogP contribution in [0.1, 0.15) is 40.5 Å². The van der Waals surface area contributed by atoms with E-state index in [4.69, 9.17) is 4.74 Å². The number of rotatable bonds is 3. The van der Waals surface area contributed by atoms with E-state index in [-0.39, 0.29) is 17.5 Å². The van der Waals surface area contributed by atoms with E-state index in [1.807, 2.05) is 13.8 Å². The maximum atomic E-state index is 12.0. The highest BCUT2D eigenvalue weighted by Gasteiger charge is 2.37. The number of ether oxygens (including phenoxy) is 1. The molecule has 0 aromatic carbocycles. The van der Waals surface area contributed by atoms with E-state index < -0.39 is 0 Å². The quantitative estimate of drug-likeness (QED) is 0.728. The zero-order valence-corrected chi connectivity index (χ0v) is 10.3. The molecule has 3 nitrogen and oxygen atoms in total. The molecule has 1 saturated heterocycles. The van der Waals surface area contributed by atoms with Gasteiger partial charge in [-0.1, -0.05) is 13.8 Å². The number of carbonyl (C=O) groups is 1. The molecule has 3 heteroatoms. The highest BCUT2D eigenvalue weighted by Crippen LogP contribution is 2.30. The van der Waals surface area contributed by atoms with Crippen LogP contribution in [0.15, 0.2) is 0 Å². The average Bonchev–Trinajstić information content (AvgIpc) is 2.18. The first-order chi connectivity index (χ1) is 6.96. The minimum atomic E-state index is -0.269. The number of hydrogen-bond acceptors (Lipinski definition) is 3. The minimum absolute atomic E-state index is 0.0178. The van der Waals surface area contributed by atoms with Gasteiger partial charge < -0.3 is 10.1 Å². The molecular weight excluding hydrogens is 190 g/mol. The Kier molecular flexibility index (Phi) is 4.14. The SMILES string of the molecule is CC(C)C(C)OC(=O)C1(C)CCNCC1. The van der Waals surface area contributed by atoms with Crippen molar-refractivity contribution in [2.75, 3.05) is 13.1 Å². The van der Waals surface area contributed by atoms with Gasteiger partial charge >= 0.3 is 5.97 Å². The largest absolute Gasteiger partial charge is 0.462 e. The Labute approximate surface area is 92.6 Å². The van der Waals surface area contributed by atoms with Crippen LogP contribution < -0.4 is 5.32 Å². The summed E-state index contributed by atoms with van der Waals surface area (Å²) < 4.78 is 5.49. The van der Waals surface area contributed by atoms with Crippen LogP contribution in [-0.4, -0.2) is 25.2 Å². The molecule has 1 atom stereocenters. The number of carbonyl (C=O) groups excluding carboxylic acids is 1. The number of esters is 1. The van der Waals surface area contributed by atoms with Gasteiger partial charge in [0.05, 0.1) is 5.41 Å². The third-order valence-electron chi connectivity index (χ3n) is 3.43. The van der Waals surface area contributed by atoms with E-state index in [9.17, 15) is 4.79 Å². The number of piperidine rings is 1. The van der Waals surface area contributed by atoms with Gasteiger partial charge in [-0.15, -0.1) is 0 Å². The van der Waals surface area contributed by atoms with Gasteiger partial charge in [-0.2, -0.15) is 0 Å². The van der Waals surface area contributed by atoms with Crippen molar-refractivity contribution in [3.63, 3.8) is 0 Å². The molecule has 0 amide bonds. The van der Waals surface area contributed by atoms with Gasteiger partial charge in [0.25, 0.3) is 0 Å². The highest BCUT2D eigenvalue weighted by atomic mass is 16.5. The Morgan fingerprint density at radius 1 is 1.27 bits per heavy atom. The van der Waals surface area contributed by atoms with Crippen LogP contribution in [-0.2, 0) is 9.53 Å². The van der Waals surface area contributed by atoms with Crippen molar-refractivity contribution in [1.29, 1.82) is 0 Å². The molecule has 88 valence electrons. The van der Waals surface area contributed by atoms with Crippen LogP contribution in [0.25, 0.3) is 0 Å². The molecule has 0 saturated carbocycles. The predicted molar refractivity (Wildman–Crippen MR) is 60.6 cm³/mol. The predicted octanol–water partition coefficient (Wildman–Crippen LogP) is 1.96. The maximum Gasteiger partial charge on any atom is 0.312 e. The molecule has 0 radical (unpaired) electrons. The first-order valence-electron chi connectivity index (χ1n) is 5.87. The Balaban J connectivity index is 2.51. The van der Waals surface area contributed by atoms with Crippen molar-refractivity contribution in [2.24, 2.45) is 11.3 Å². The summed E-state index contributed by atoms with van der Waals surface area (Å²) in [5.74, 6) is 0.365. The molecule has 1 rings (SSSR count). The molecule has 15 heavy (non-hydrogen) atoms. The summed E-state index contributed by atoms with van der Waals surface area (Å²) in [4.78, 5) is 12.0. The third-order valence-corrected chi connectivity index (χ3v) is 3.43. The summed E-state index contributed by atoms with van der Waals surface area (Å²) in [5.41, 5.74) is -0.269. The zero-order chi connectivity index (χ0) is 11.5. The first-order valence-corrected chi connectivity index (χ1v) is 5.87. The van der Waals surface area contributed by atoms with E-state index >= 15 is 0 Å². The van der Waals surface area contributed by atoms with Crippen LogP contribution in [0, 0.1) is 11.3 Å². The first kappa shape index (κ1) is 12.5. The van der Waals surface area contributed by atoms with E-state index in [2.05, 4.69) is 19.2 Å². The van der Waals surface area contributed by atoms with Crippen molar-refractivity contribution in [3.05, 3.63) is 0 Å². The molecule has 0 spiro atoms. The Bertz CT molecular complexity index is 220. The summed E-state index contributed by atoms with van der Waals surface area (Å²) in [7, 11) is 0. The second-order valence-electron chi connectivity index (χ2n) is 5.17.